The van der Waals surface area contributed by atoms with E-state index in [4.69, 9.17) is 5.11 Å². The molecular formula is C24H15NO5. The quantitative estimate of drug-likeness (QED) is 0.398. The molecule has 0 unspecified atom stereocenters. The second kappa shape index (κ2) is 7.60. The van der Waals surface area contributed by atoms with Crippen LogP contribution in [-0.4, -0.2) is 28.7 Å². The zero-order valence-corrected chi connectivity index (χ0v) is 15.6. The third kappa shape index (κ3) is 3.42. The number of carboxylic acids is 1. The van der Waals surface area contributed by atoms with Gasteiger partial charge in [-0.15, -0.1) is 0 Å². The number of carboxylic acid groups (broad SMARTS) is 1. The maximum Gasteiger partial charge on any atom is 0.335 e. The van der Waals surface area contributed by atoms with E-state index >= 15 is 0 Å². The lowest BCUT2D eigenvalue weighted by Crippen LogP contribution is -2.29. The van der Waals surface area contributed by atoms with Crippen LogP contribution in [0.5, 0.6) is 0 Å². The van der Waals surface area contributed by atoms with Gasteiger partial charge in [-0.25, -0.2) is 9.69 Å². The van der Waals surface area contributed by atoms with Gasteiger partial charge in [-0.3, -0.25) is 14.4 Å². The van der Waals surface area contributed by atoms with Crippen LogP contribution in [0.3, 0.4) is 0 Å². The Hall–Kier alpha value is -4.32. The van der Waals surface area contributed by atoms with Crippen molar-refractivity contribution in [3.05, 3.63) is 107 Å². The number of benzene rings is 3. The van der Waals surface area contributed by atoms with Crippen LogP contribution in [-0.2, 0) is 0 Å². The lowest BCUT2D eigenvalue weighted by Gasteiger charge is -2.14. The predicted molar refractivity (Wildman–Crippen MR) is 111 cm³/mol. The number of nitrogens with zero attached hydrogens (tertiary/aromatic N) is 1. The molecule has 1 aliphatic heterocycles. The average Bonchev–Trinajstić information content (AvgIpc) is 3.02. The molecule has 2 amide bonds. The van der Waals surface area contributed by atoms with Crippen LogP contribution in [0.1, 0.15) is 47.0 Å². The first-order chi connectivity index (χ1) is 14.5. The number of amides is 2. The van der Waals surface area contributed by atoms with Crippen LogP contribution in [0.2, 0.25) is 0 Å². The molecule has 1 aliphatic rings. The summed E-state index contributed by atoms with van der Waals surface area (Å²) in [5.41, 5.74) is 1.68. The fraction of sp³-hybridized carbons (Fsp3) is 0. The Kier molecular flexibility index (Phi) is 4.82. The molecule has 0 spiro atoms. The number of allylic oxidation sites excluding steroid dienone is 1. The van der Waals surface area contributed by atoms with E-state index in [9.17, 15) is 19.2 Å². The Morgan fingerprint density at radius 3 is 2.23 bits per heavy atom. The molecule has 0 radical (unpaired) electrons. The largest absolute Gasteiger partial charge is 0.478 e. The van der Waals surface area contributed by atoms with Gasteiger partial charge in [0.15, 0.2) is 5.78 Å². The lowest BCUT2D eigenvalue weighted by molar-refractivity contribution is 0.0696. The molecule has 1 N–H and O–H groups in total. The van der Waals surface area contributed by atoms with Crippen molar-refractivity contribution >= 4 is 35.3 Å². The van der Waals surface area contributed by atoms with Gasteiger partial charge >= 0.3 is 5.97 Å². The number of hydrogen-bond donors (Lipinski definition) is 1. The molecular weight excluding hydrogens is 382 g/mol. The third-order valence-corrected chi connectivity index (χ3v) is 4.75. The van der Waals surface area contributed by atoms with Crippen LogP contribution in [0.15, 0.2) is 78.9 Å². The zero-order chi connectivity index (χ0) is 21.3. The first-order valence-corrected chi connectivity index (χ1v) is 9.09. The summed E-state index contributed by atoms with van der Waals surface area (Å²) in [5, 5.41) is 9.13. The normalized spacial score (nSPS) is 13.0. The van der Waals surface area contributed by atoms with Crippen molar-refractivity contribution in [2.75, 3.05) is 4.90 Å². The minimum atomic E-state index is -1.17. The van der Waals surface area contributed by atoms with E-state index in [1.807, 2.05) is 6.07 Å². The van der Waals surface area contributed by atoms with Crippen molar-refractivity contribution in [1.29, 1.82) is 0 Å². The Morgan fingerprint density at radius 2 is 1.50 bits per heavy atom. The van der Waals surface area contributed by atoms with E-state index in [1.54, 1.807) is 54.6 Å². The number of rotatable bonds is 5. The molecule has 0 atom stereocenters. The van der Waals surface area contributed by atoms with Gasteiger partial charge < -0.3 is 5.11 Å². The number of hydrogen-bond acceptors (Lipinski definition) is 4. The molecule has 4 rings (SSSR count). The SMILES string of the molecule is O=C(O)c1ccc2c(c1)C(=O)N(c1cccc(/C=C/C(=O)c3ccccc3)c1)C2=O. The van der Waals surface area contributed by atoms with Gasteiger partial charge in [0.1, 0.15) is 0 Å². The number of fused-ring (bicyclic) bond motifs is 1. The van der Waals surface area contributed by atoms with Crippen LogP contribution in [0.4, 0.5) is 5.69 Å². The molecule has 3 aromatic carbocycles. The Labute approximate surface area is 171 Å². The van der Waals surface area contributed by atoms with Gasteiger partial charge in [0.05, 0.1) is 22.4 Å². The van der Waals surface area contributed by atoms with E-state index in [0.717, 1.165) is 4.90 Å². The Balaban J connectivity index is 1.62. The fourth-order valence-electron chi connectivity index (χ4n) is 3.25. The fourth-order valence-corrected chi connectivity index (χ4v) is 3.25. The van der Waals surface area contributed by atoms with Crippen molar-refractivity contribution in [3.8, 4) is 0 Å². The summed E-state index contributed by atoms with van der Waals surface area (Å²) in [6, 6.07) is 19.3. The van der Waals surface area contributed by atoms with Gasteiger partial charge in [-0.1, -0.05) is 48.5 Å². The lowest BCUT2D eigenvalue weighted by atomic mass is 10.1. The molecule has 146 valence electrons. The molecule has 0 bridgehead atoms. The third-order valence-electron chi connectivity index (χ3n) is 4.75. The van der Waals surface area contributed by atoms with Crippen molar-refractivity contribution in [3.63, 3.8) is 0 Å². The summed E-state index contributed by atoms with van der Waals surface area (Å²) in [4.78, 5) is 49.9. The van der Waals surface area contributed by atoms with Crippen LogP contribution in [0, 0.1) is 0 Å². The second-order valence-electron chi connectivity index (χ2n) is 6.67. The van der Waals surface area contributed by atoms with Crippen LogP contribution >= 0.6 is 0 Å². The second-order valence-corrected chi connectivity index (χ2v) is 6.67. The monoisotopic (exact) mass is 397 g/mol. The summed E-state index contributed by atoms with van der Waals surface area (Å²) in [6.07, 6.45) is 3.04. The highest BCUT2D eigenvalue weighted by molar-refractivity contribution is 6.34. The summed E-state index contributed by atoms with van der Waals surface area (Å²) in [7, 11) is 0. The minimum absolute atomic E-state index is 0.0556. The molecule has 3 aromatic rings. The number of carbonyl (C=O) groups excluding carboxylic acids is 3. The van der Waals surface area contributed by atoms with Crippen molar-refractivity contribution in [2.45, 2.75) is 0 Å². The number of ketones is 1. The van der Waals surface area contributed by atoms with Crippen molar-refractivity contribution in [2.24, 2.45) is 0 Å². The highest BCUT2D eigenvalue weighted by atomic mass is 16.4. The number of aromatic carboxylic acids is 1. The maximum absolute atomic E-state index is 12.8. The number of carbonyl (C=O) groups is 4. The van der Waals surface area contributed by atoms with Crippen molar-refractivity contribution in [1.82, 2.24) is 0 Å². The van der Waals surface area contributed by atoms with E-state index in [0.29, 0.717) is 16.8 Å². The smallest absolute Gasteiger partial charge is 0.335 e. The zero-order valence-electron chi connectivity index (χ0n) is 15.6. The average molecular weight is 397 g/mol. The number of imide groups is 1. The first-order valence-electron chi connectivity index (χ1n) is 9.09. The highest BCUT2D eigenvalue weighted by Gasteiger charge is 2.37. The molecule has 6 heteroatoms. The van der Waals surface area contributed by atoms with Gasteiger partial charge in [0, 0.05) is 5.56 Å². The van der Waals surface area contributed by atoms with Gasteiger partial charge in [-0.05, 0) is 42.0 Å². The molecule has 0 aliphatic carbocycles. The summed E-state index contributed by atoms with van der Waals surface area (Å²) >= 11 is 0. The van der Waals surface area contributed by atoms with Gasteiger partial charge in [-0.2, -0.15) is 0 Å². The van der Waals surface area contributed by atoms with Crippen LogP contribution < -0.4 is 4.90 Å². The first kappa shape index (κ1) is 19.0. The Morgan fingerprint density at radius 1 is 0.767 bits per heavy atom. The molecule has 30 heavy (non-hydrogen) atoms. The molecule has 0 aromatic heterocycles. The molecule has 0 saturated heterocycles. The van der Waals surface area contributed by atoms with Crippen LogP contribution in [0.25, 0.3) is 6.08 Å². The number of anilines is 1. The summed E-state index contributed by atoms with van der Waals surface area (Å²) < 4.78 is 0. The van der Waals surface area contributed by atoms with E-state index in [1.165, 1.54) is 24.3 Å². The topological polar surface area (TPSA) is 91.8 Å². The molecule has 6 nitrogen and oxygen atoms in total. The van der Waals surface area contributed by atoms with Gasteiger partial charge in [0.2, 0.25) is 0 Å². The van der Waals surface area contributed by atoms with E-state index in [2.05, 4.69) is 0 Å². The van der Waals surface area contributed by atoms with Crippen molar-refractivity contribution < 1.29 is 24.3 Å². The van der Waals surface area contributed by atoms with E-state index < -0.39 is 17.8 Å². The summed E-state index contributed by atoms with van der Waals surface area (Å²) in [5.74, 6) is -2.44. The van der Waals surface area contributed by atoms with Gasteiger partial charge in [0.25, 0.3) is 11.8 Å². The van der Waals surface area contributed by atoms with E-state index in [-0.39, 0.29) is 22.5 Å². The Bertz CT molecular complexity index is 1230. The molecule has 1 heterocycles. The standard InChI is InChI=1S/C24H15NO5/c26-21(16-6-2-1-3-7-16)12-9-15-5-4-8-18(13-15)25-22(27)19-11-10-17(24(29)30)14-20(19)23(25)28/h1-14H,(H,29,30)/b12-9+. The molecule has 0 saturated carbocycles. The maximum atomic E-state index is 12.8. The molecule has 0 fully saturated rings. The minimum Gasteiger partial charge on any atom is -0.478 e. The predicted octanol–water partition coefficient (Wildman–Crippen LogP) is 4.08. The summed E-state index contributed by atoms with van der Waals surface area (Å²) in [6.45, 7) is 0. The highest BCUT2D eigenvalue weighted by Crippen LogP contribution is 2.30.